The monoisotopic (exact) mass is 344 g/mol. The molecule has 1 aromatic rings. The zero-order valence-electron chi connectivity index (χ0n) is 8.27. The molecule has 1 aromatic carbocycles. The normalized spacial score (nSPS) is 11.3. The summed E-state index contributed by atoms with van der Waals surface area (Å²) in [6.07, 6.45) is -5.97. The van der Waals surface area contributed by atoms with Crippen LogP contribution in [0.5, 0.6) is 5.75 Å². The average molecular weight is 344 g/mol. The summed E-state index contributed by atoms with van der Waals surface area (Å²) < 4.78 is 41.7. The van der Waals surface area contributed by atoms with Gasteiger partial charge in [0.2, 0.25) is 0 Å². The van der Waals surface area contributed by atoms with Crippen LogP contribution in [0.1, 0.15) is 16.8 Å². The number of benzene rings is 1. The second kappa shape index (κ2) is 5.03. The lowest BCUT2D eigenvalue weighted by Gasteiger charge is -2.09. The smallest absolute Gasteiger partial charge is 0.396 e. The average Bonchev–Trinajstić information content (AvgIpc) is 2.15. The largest absolute Gasteiger partial charge is 0.496 e. The van der Waals surface area contributed by atoms with E-state index < -0.39 is 18.4 Å². The van der Waals surface area contributed by atoms with E-state index in [0.717, 1.165) is 0 Å². The maximum absolute atomic E-state index is 12.1. The highest BCUT2D eigenvalue weighted by Gasteiger charge is 2.32. The van der Waals surface area contributed by atoms with Gasteiger partial charge < -0.3 is 4.74 Å². The predicted octanol–water partition coefficient (Wildman–Crippen LogP) is 3.43. The van der Waals surface area contributed by atoms with Crippen LogP contribution in [0.3, 0.4) is 0 Å². The molecule has 0 bridgehead atoms. The van der Waals surface area contributed by atoms with Gasteiger partial charge in [-0.25, -0.2) is 0 Å². The molecule has 0 radical (unpaired) electrons. The number of Topliss-reactive ketones (excluding diaryl/α,β-unsaturated/α-hetero) is 1. The number of alkyl halides is 3. The van der Waals surface area contributed by atoms with E-state index in [1.807, 2.05) is 22.6 Å². The third kappa shape index (κ3) is 3.66. The fourth-order valence-corrected chi connectivity index (χ4v) is 1.67. The number of carbonyl (C=O) groups is 1. The van der Waals surface area contributed by atoms with Crippen LogP contribution in [0.25, 0.3) is 0 Å². The van der Waals surface area contributed by atoms with Crippen molar-refractivity contribution in [3.05, 3.63) is 27.3 Å². The Bertz CT molecular complexity index is 402. The predicted molar refractivity (Wildman–Crippen MR) is 60.7 cm³/mol. The number of hydrogen-bond donors (Lipinski definition) is 0. The van der Waals surface area contributed by atoms with E-state index in [4.69, 9.17) is 4.74 Å². The lowest BCUT2D eigenvalue weighted by Crippen LogP contribution is -2.15. The van der Waals surface area contributed by atoms with E-state index in [-0.39, 0.29) is 11.3 Å². The van der Waals surface area contributed by atoms with Crippen LogP contribution >= 0.6 is 22.6 Å². The Hall–Kier alpha value is -0.790. The second-order valence-corrected chi connectivity index (χ2v) is 4.31. The Kier molecular flexibility index (Phi) is 4.17. The highest BCUT2D eigenvalue weighted by atomic mass is 127. The van der Waals surface area contributed by atoms with E-state index in [2.05, 4.69) is 0 Å². The minimum absolute atomic E-state index is 0.0354. The van der Waals surface area contributed by atoms with Crippen molar-refractivity contribution in [2.45, 2.75) is 12.6 Å². The number of rotatable bonds is 3. The SMILES string of the molecule is COc1ccc(I)cc1C(=O)CC(F)(F)F. The van der Waals surface area contributed by atoms with Gasteiger partial charge in [-0.15, -0.1) is 0 Å². The minimum Gasteiger partial charge on any atom is -0.496 e. The van der Waals surface area contributed by atoms with Crippen molar-refractivity contribution in [1.29, 1.82) is 0 Å². The van der Waals surface area contributed by atoms with Crippen LogP contribution in [0.4, 0.5) is 13.2 Å². The summed E-state index contributed by atoms with van der Waals surface area (Å²) in [4.78, 5) is 11.4. The van der Waals surface area contributed by atoms with Gasteiger partial charge in [-0.05, 0) is 40.8 Å². The number of halogens is 4. The highest BCUT2D eigenvalue weighted by Crippen LogP contribution is 2.27. The molecule has 0 saturated heterocycles. The van der Waals surface area contributed by atoms with Gasteiger partial charge in [0.25, 0.3) is 0 Å². The van der Waals surface area contributed by atoms with E-state index in [9.17, 15) is 18.0 Å². The zero-order valence-corrected chi connectivity index (χ0v) is 10.4. The molecule has 0 spiro atoms. The molecular weight excluding hydrogens is 336 g/mol. The molecule has 0 saturated carbocycles. The first-order valence-electron chi connectivity index (χ1n) is 4.27. The summed E-state index contributed by atoms with van der Waals surface area (Å²) in [6.45, 7) is 0. The molecule has 0 aliphatic heterocycles. The van der Waals surface area contributed by atoms with Gasteiger partial charge in [0, 0.05) is 3.57 Å². The van der Waals surface area contributed by atoms with Crippen molar-refractivity contribution in [3.63, 3.8) is 0 Å². The number of carbonyl (C=O) groups excluding carboxylic acids is 1. The molecule has 2 nitrogen and oxygen atoms in total. The van der Waals surface area contributed by atoms with Gasteiger partial charge >= 0.3 is 6.18 Å². The summed E-state index contributed by atoms with van der Waals surface area (Å²) in [5, 5.41) is 0. The van der Waals surface area contributed by atoms with Crippen LogP contribution < -0.4 is 4.74 Å². The molecule has 0 aromatic heterocycles. The van der Waals surface area contributed by atoms with Gasteiger partial charge in [-0.2, -0.15) is 13.2 Å². The van der Waals surface area contributed by atoms with Crippen LogP contribution in [-0.2, 0) is 0 Å². The Labute approximate surface area is 104 Å². The molecule has 0 fully saturated rings. The lowest BCUT2D eigenvalue weighted by atomic mass is 10.1. The molecule has 88 valence electrons. The van der Waals surface area contributed by atoms with E-state index in [1.165, 1.54) is 19.2 Å². The van der Waals surface area contributed by atoms with Crippen molar-refractivity contribution in [1.82, 2.24) is 0 Å². The summed E-state index contributed by atoms with van der Waals surface area (Å²) in [5.74, 6) is -0.822. The van der Waals surface area contributed by atoms with Crippen molar-refractivity contribution < 1.29 is 22.7 Å². The lowest BCUT2D eigenvalue weighted by molar-refractivity contribution is -0.125. The van der Waals surface area contributed by atoms with Crippen LogP contribution in [0, 0.1) is 3.57 Å². The third-order valence-electron chi connectivity index (χ3n) is 1.82. The second-order valence-electron chi connectivity index (χ2n) is 3.06. The topological polar surface area (TPSA) is 26.3 Å². The van der Waals surface area contributed by atoms with Crippen molar-refractivity contribution >= 4 is 28.4 Å². The zero-order chi connectivity index (χ0) is 12.3. The number of ketones is 1. The van der Waals surface area contributed by atoms with Crippen molar-refractivity contribution in [3.8, 4) is 5.75 Å². The number of hydrogen-bond acceptors (Lipinski definition) is 2. The first-order valence-corrected chi connectivity index (χ1v) is 5.35. The first-order chi connectivity index (χ1) is 7.33. The summed E-state index contributed by atoms with van der Waals surface area (Å²) >= 11 is 1.92. The molecule has 6 heteroatoms. The maximum atomic E-state index is 12.1. The standard InChI is InChI=1S/C10H8F3IO2/c1-16-9-3-2-6(14)4-7(9)8(15)5-10(11,12)13/h2-4H,5H2,1H3. The van der Waals surface area contributed by atoms with Gasteiger partial charge in [-0.3, -0.25) is 4.79 Å². The van der Waals surface area contributed by atoms with E-state index in [1.54, 1.807) is 6.07 Å². The molecular formula is C10H8F3IO2. The van der Waals surface area contributed by atoms with Crippen molar-refractivity contribution in [2.24, 2.45) is 0 Å². The highest BCUT2D eigenvalue weighted by molar-refractivity contribution is 14.1. The van der Waals surface area contributed by atoms with Crippen LogP contribution in [-0.4, -0.2) is 19.1 Å². The van der Waals surface area contributed by atoms with E-state index >= 15 is 0 Å². The Morgan fingerprint density at radius 3 is 2.56 bits per heavy atom. The molecule has 0 atom stereocenters. The van der Waals surface area contributed by atoms with Crippen molar-refractivity contribution in [2.75, 3.05) is 7.11 Å². The molecule has 16 heavy (non-hydrogen) atoms. The molecule has 0 aliphatic carbocycles. The summed E-state index contributed by atoms with van der Waals surface area (Å²) in [6, 6.07) is 4.52. The fourth-order valence-electron chi connectivity index (χ4n) is 1.18. The molecule has 0 unspecified atom stereocenters. The Morgan fingerprint density at radius 2 is 2.06 bits per heavy atom. The fraction of sp³-hybridized carbons (Fsp3) is 0.300. The Balaban J connectivity index is 3.02. The van der Waals surface area contributed by atoms with Gasteiger partial charge in [0.05, 0.1) is 12.7 Å². The molecule has 0 aliphatic rings. The van der Waals surface area contributed by atoms with E-state index in [0.29, 0.717) is 3.57 Å². The summed E-state index contributed by atoms with van der Waals surface area (Å²) in [7, 11) is 1.31. The number of ether oxygens (including phenoxy) is 1. The molecule has 0 heterocycles. The molecule has 0 N–H and O–H groups in total. The molecule has 1 rings (SSSR count). The van der Waals surface area contributed by atoms with Crippen LogP contribution in [0.2, 0.25) is 0 Å². The molecule has 0 amide bonds. The number of methoxy groups -OCH3 is 1. The maximum Gasteiger partial charge on any atom is 0.396 e. The van der Waals surface area contributed by atoms with Crippen LogP contribution in [0.15, 0.2) is 18.2 Å². The first kappa shape index (κ1) is 13.3. The van der Waals surface area contributed by atoms with Gasteiger partial charge in [0.1, 0.15) is 12.2 Å². The Morgan fingerprint density at radius 1 is 1.44 bits per heavy atom. The van der Waals surface area contributed by atoms with Gasteiger partial charge in [0.15, 0.2) is 5.78 Å². The van der Waals surface area contributed by atoms with Gasteiger partial charge in [-0.1, -0.05) is 0 Å². The minimum atomic E-state index is -4.50. The summed E-state index contributed by atoms with van der Waals surface area (Å²) in [5.41, 5.74) is -0.0354. The quantitative estimate of drug-likeness (QED) is 0.620. The third-order valence-corrected chi connectivity index (χ3v) is 2.49.